The molecule has 0 unspecified atom stereocenters. The molecule has 212 valence electrons. The quantitative estimate of drug-likeness (QED) is 0.195. The van der Waals surface area contributed by atoms with Crippen molar-refractivity contribution in [3.8, 4) is 0 Å². The summed E-state index contributed by atoms with van der Waals surface area (Å²) in [4.78, 5) is 16.5. The Hall–Kier alpha value is -3.51. The van der Waals surface area contributed by atoms with Crippen LogP contribution in [-0.2, 0) is 16.4 Å². The van der Waals surface area contributed by atoms with Crippen molar-refractivity contribution in [3.05, 3.63) is 82.9 Å². The number of hydrogen-bond acceptors (Lipinski definition) is 8. The predicted molar refractivity (Wildman–Crippen MR) is 161 cm³/mol. The molecule has 11 heteroatoms. The molecule has 0 fully saturated rings. The number of nitrogen functional groups attached to an aromatic ring is 2. The van der Waals surface area contributed by atoms with Crippen molar-refractivity contribution in [2.75, 3.05) is 24.6 Å². The molecule has 4 rings (SSSR count). The second kappa shape index (κ2) is 11.9. The first kappa shape index (κ1) is 29.5. The Labute approximate surface area is 238 Å². The summed E-state index contributed by atoms with van der Waals surface area (Å²) >= 11 is 1.21. The number of rotatable bonds is 11. The predicted octanol–water partition coefficient (Wildman–Crippen LogP) is 3.90. The molecule has 1 heterocycles. The molecule has 2 atom stereocenters. The van der Waals surface area contributed by atoms with Crippen LogP contribution >= 0.6 is 11.3 Å². The molecule has 3 aromatic carbocycles. The molecule has 1 amide bonds. The maximum Gasteiger partial charge on any atom is 0.248 e. The smallest absolute Gasteiger partial charge is 0.248 e. The molecule has 0 spiro atoms. The third kappa shape index (κ3) is 6.28. The first-order valence-corrected chi connectivity index (χ1v) is 15.2. The van der Waals surface area contributed by atoms with Gasteiger partial charge < -0.3 is 22.3 Å². The van der Waals surface area contributed by atoms with Crippen LogP contribution in [0.15, 0.2) is 65.6 Å². The highest BCUT2D eigenvalue weighted by molar-refractivity contribution is 7.89. The first-order valence-electron chi connectivity index (χ1n) is 13.0. The van der Waals surface area contributed by atoms with Crippen molar-refractivity contribution in [2.24, 2.45) is 11.7 Å². The molecule has 40 heavy (non-hydrogen) atoms. The van der Waals surface area contributed by atoms with Crippen LogP contribution in [-0.4, -0.2) is 47.9 Å². The molecule has 0 aliphatic carbocycles. The van der Waals surface area contributed by atoms with Crippen LogP contribution < -0.4 is 17.2 Å². The molecule has 9 nitrogen and oxygen atoms in total. The highest BCUT2D eigenvalue weighted by atomic mass is 32.2. The van der Waals surface area contributed by atoms with Crippen LogP contribution in [0.4, 0.5) is 10.8 Å². The number of aromatic nitrogens is 1. The van der Waals surface area contributed by atoms with Gasteiger partial charge >= 0.3 is 0 Å². The maximum absolute atomic E-state index is 13.9. The summed E-state index contributed by atoms with van der Waals surface area (Å²) in [5, 5.41) is 12.1. The molecule has 0 radical (unpaired) electrons. The average molecular weight is 582 g/mol. The lowest BCUT2D eigenvalue weighted by Gasteiger charge is -2.32. The van der Waals surface area contributed by atoms with Gasteiger partial charge in [-0.3, -0.25) is 4.79 Å². The molecule has 0 bridgehead atoms. The second-order valence-corrected chi connectivity index (χ2v) is 13.4. The van der Waals surface area contributed by atoms with E-state index in [4.69, 9.17) is 17.2 Å². The number of anilines is 2. The third-order valence-electron chi connectivity index (χ3n) is 6.92. The molecular formula is C29H35N5O4S2. The van der Waals surface area contributed by atoms with Gasteiger partial charge in [0.1, 0.15) is 0 Å². The van der Waals surface area contributed by atoms with Crippen molar-refractivity contribution < 1.29 is 18.3 Å². The van der Waals surface area contributed by atoms with E-state index in [1.165, 1.54) is 21.7 Å². The van der Waals surface area contributed by atoms with Crippen molar-refractivity contribution in [2.45, 2.75) is 44.1 Å². The SMILES string of the molecule is Cc1c(C(N)=O)ccc(N)c1[C@H](Cc1ccccc1)[C@@H](O)CN(CC(C)C)S(=O)(=O)c1ccc2nc(N)sc2c1. The molecule has 0 saturated heterocycles. The van der Waals surface area contributed by atoms with E-state index in [1.807, 2.05) is 44.2 Å². The summed E-state index contributed by atoms with van der Waals surface area (Å²) in [6, 6.07) is 17.4. The van der Waals surface area contributed by atoms with Crippen LogP contribution in [0, 0.1) is 12.8 Å². The lowest BCUT2D eigenvalue weighted by Crippen LogP contribution is -2.42. The largest absolute Gasteiger partial charge is 0.398 e. The highest BCUT2D eigenvalue weighted by Crippen LogP contribution is 2.35. The standard InChI is InChI=1S/C29H35N5O4S2/c1-17(2)15-34(40(37,38)20-9-12-24-26(14-20)39-29(32)33-24)16-25(35)22(13-19-7-5-4-6-8-19)27-18(3)21(28(31)36)10-11-23(27)30/h4-12,14,17,22,25,35H,13,15-16,30H2,1-3H3,(H2,31,36)(H2,32,33)/t22-,25+/m1/s1. The van der Waals surface area contributed by atoms with Gasteiger partial charge in [0.05, 0.1) is 21.2 Å². The Morgan fingerprint density at radius 1 is 1.05 bits per heavy atom. The number of hydrogen-bond donors (Lipinski definition) is 4. The normalized spacial score (nSPS) is 13.7. The number of fused-ring (bicyclic) bond motifs is 1. The Kier molecular flexibility index (Phi) is 8.79. The van der Waals surface area contributed by atoms with E-state index >= 15 is 0 Å². The second-order valence-electron chi connectivity index (χ2n) is 10.4. The summed E-state index contributed by atoms with van der Waals surface area (Å²) in [7, 11) is -4.00. The zero-order valence-corrected chi connectivity index (χ0v) is 24.4. The molecule has 0 aliphatic rings. The highest BCUT2D eigenvalue weighted by Gasteiger charge is 2.33. The minimum absolute atomic E-state index is 0.0117. The fourth-order valence-electron chi connectivity index (χ4n) is 5.05. The van der Waals surface area contributed by atoms with E-state index < -0.39 is 28.0 Å². The number of benzene rings is 3. The molecule has 1 aromatic heterocycles. The summed E-state index contributed by atoms with van der Waals surface area (Å²) in [6.07, 6.45) is -0.780. The van der Waals surface area contributed by atoms with E-state index in [9.17, 15) is 18.3 Å². The molecule has 0 aliphatic heterocycles. The number of aliphatic hydroxyl groups excluding tert-OH is 1. The van der Waals surface area contributed by atoms with Crippen molar-refractivity contribution in [3.63, 3.8) is 0 Å². The van der Waals surface area contributed by atoms with Gasteiger partial charge in [-0.1, -0.05) is 55.5 Å². The Morgan fingerprint density at radius 2 is 1.75 bits per heavy atom. The maximum atomic E-state index is 13.9. The Morgan fingerprint density at radius 3 is 2.40 bits per heavy atom. The number of primary amides is 1. The number of nitrogens with zero attached hydrogens (tertiary/aromatic N) is 2. The van der Waals surface area contributed by atoms with E-state index in [1.54, 1.807) is 31.2 Å². The van der Waals surface area contributed by atoms with Crippen LogP contribution in [0.2, 0.25) is 0 Å². The fraction of sp³-hybridized carbons (Fsp3) is 0.310. The van der Waals surface area contributed by atoms with Gasteiger partial charge in [-0.05, 0) is 66.3 Å². The lowest BCUT2D eigenvalue weighted by atomic mass is 9.82. The molecule has 4 aromatic rings. The average Bonchev–Trinajstić information content (AvgIpc) is 3.27. The summed E-state index contributed by atoms with van der Waals surface area (Å²) < 4.78 is 29.8. The monoisotopic (exact) mass is 581 g/mol. The van der Waals surface area contributed by atoms with Gasteiger partial charge in [-0.2, -0.15) is 4.31 Å². The topological polar surface area (TPSA) is 166 Å². The van der Waals surface area contributed by atoms with Crippen molar-refractivity contribution in [1.82, 2.24) is 9.29 Å². The fourth-order valence-corrected chi connectivity index (χ4v) is 7.55. The van der Waals surface area contributed by atoms with Crippen LogP contribution in [0.3, 0.4) is 0 Å². The summed E-state index contributed by atoms with van der Waals surface area (Å²) in [5.41, 5.74) is 21.3. The third-order valence-corrected chi connectivity index (χ3v) is 9.60. The van der Waals surface area contributed by atoms with Gasteiger partial charge in [-0.15, -0.1) is 0 Å². The summed E-state index contributed by atoms with van der Waals surface area (Å²) in [6.45, 7) is 5.59. The van der Waals surface area contributed by atoms with Gasteiger partial charge in [0.2, 0.25) is 15.9 Å². The van der Waals surface area contributed by atoms with E-state index in [0.717, 1.165) is 5.56 Å². The van der Waals surface area contributed by atoms with Gasteiger partial charge in [-0.25, -0.2) is 13.4 Å². The Balaban J connectivity index is 1.76. The molecule has 0 saturated carbocycles. The van der Waals surface area contributed by atoms with Crippen LogP contribution in [0.1, 0.15) is 46.8 Å². The van der Waals surface area contributed by atoms with E-state index in [2.05, 4.69) is 4.98 Å². The van der Waals surface area contributed by atoms with Gasteiger partial charge in [0.15, 0.2) is 5.13 Å². The van der Waals surface area contributed by atoms with Crippen LogP contribution in [0.25, 0.3) is 10.2 Å². The number of thiazole rings is 1. The number of amides is 1. The number of aliphatic hydroxyl groups is 1. The van der Waals surface area contributed by atoms with Gasteiger partial charge in [0, 0.05) is 30.3 Å². The zero-order valence-electron chi connectivity index (χ0n) is 22.7. The lowest BCUT2D eigenvalue weighted by molar-refractivity contribution is 0.0997. The number of nitrogens with two attached hydrogens (primary N) is 3. The number of carbonyl (C=O) groups excluding carboxylic acids is 1. The van der Waals surface area contributed by atoms with Crippen molar-refractivity contribution in [1.29, 1.82) is 0 Å². The van der Waals surface area contributed by atoms with Crippen LogP contribution in [0.5, 0.6) is 0 Å². The number of carbonyl (C=O) groups is 1. The van der Waals surface area contributed by atoms with Crippen molar-refractivity contribution >= 4 is 48.3 Å². The minimum Gasteiger partial charge on any atom is -0.398 e. The summed E-state index contributed by atoms with van der Waals surface area (Å²) in [5.74, 6) is -1.23. The molecular weight excluding hydrogens is 546 g/mol. The molecule has 7 N–H and O–H groups in total. The number of sulfonamides is 1. The minimum atomic E-state index is -4.00. The first-order chi connectivity index (χ1) is 18.9. The van der Waals surface area contributed by atoms with E-state index in [0.29, 0.717) is 44.1 Å². The Bertz CT molecular complexity index is 1620. The zero-order chi connectivity index (χ0) is 29.2. The van der Waals surface area contributed by atoms with Gasteiger partial charge in [0.25, 0.3) is 0 Å². The van der Waals surface area contributed by atoms with E-state index in [-0.39, 0.29) is 23.9 Å².